The van der Waals surface area contributed by atoms with Gasteiger partial charge in [-0.1, -0.05) is 29.8 Å². The molecule has 0 spiro atoms. The van der Waals surface area contributed by atoms with E-state index in [0.717, 1.165) is 16.5 Å². The van der Waals surface area contributed by atoms with E-state index >= 15 is 0 Å². The van der Waals surface area contributed by atoms with Gasteiger partial charge in [0.05, 0.1) is 18.1 Å². The number of fused-ring (bicyclic) bond motifs is 1. The smallest absolute Gasteiger partial charge is 0.254 e. The summed E-state index contributed by atoms with van der Waals surface area (Å²) < 4.78 is 7.88. The molecule has 1 aliphatic heterocycles. The Morgan fingerprint density at radius 1 is 1.12 bits per heavy atom. The molecule has 4 rings (SSSR count). The molecule has 0 saturated carbocycles. The lowest BCUT2D eigenvalue weighted by molar-refractivity contribution is 0.0180. The molecule has 0 unspecified atom stereocenters. The second-order valence-corrected chi connectivity index (χ2v) is 6.45. The van der Waals surface area contributed by atoms with Gasteiger partial charge in [0.15, 0.2) is 0 Å². The van der Waals surface area contributed by atoms with E-state index in [9.17, 15) is 4.79 Å². The van der Waals surface area contributed by atoms with E-state index in [1.165, 1.54) is 0 Å². The number of aromatic nitrogens is 1. The van der Waals surface area contributed by atoms with E-state index < -0.39 is 0 Å². The van der Waals surface area contributed by atoms with Crippen LogP contribution < -0.4 is 4.74 Å². The highest BCUT2D eigenvalue weighted by Crippen LogP contribution is 2.28. The summed E-state index contributed by atoms with van der Waals surface area (Å²) in [4.78, 5) is 14.6. The van der Waals surface area contributed by atoms with Gasteiger partial charge in [-0.05, 0) is 30.3 Å². The largest absolute Gasteiger partial charge is 0.485 e. The molecule has 3 aromatic rings. The Balaban J connectivity index is 1.47. The van der Waals surface area contributed by atoms with Crippen LogP contribution in [0.25, 0.3) is 10.9 Å². The van der Waals surface area contributed by atoms with Crippen molar-refractivity contribution in [2.75, 3.05) is 13.1 Å². The van der Waals surface area contributed by atoms with Crippen LogP contribution >= 0.6 is 11.6 Å². The van der Waals surface area contributed by atoms with Gasteiger partial charge in [0, 0.05) is 29.7 Å². The van der Waals surface area contributed by atoms with E-state index in [1.54, 1.807) is 6.07 Å². The molecular weight excluding hydrogens is 324 g/mol. The summed E-state index contributed by atoms with van der Waals surface area (Å²) in [6.45, 7) is 1.15. The zero-order valence-electron chi connectivity index (χ0n) is 13.3. The van der Waals surface area contributed by atoms with Crippen LogP contribution in [0.1, 0.15) is 10.4 Å². The number of aryl methyl sites for hydroxylation is 1. The molecule has 1 aliphatic rings. The second kappa shape index (κ2) is 5.87. The van der Waals surface area contributed by atoms with E-state index in [-0.39, 0.29) is 12.0 Å². The van der Waals surface area contributed by atoms with Crippen LogP contribution in [0.3, 0.4) is 0 Å². The van der Waals surface area contributed by atoms with Crippen molar-refractivity contribution in [3.8, 4) is 5.75 Å². The maximum absolute atomic E-state index is 12.8. The predicted molar refractivity (Wildman–Crippen MR) is 94.7 cm³/mol. The van der Waals surface area contributed by atoms with Gasteiger partial charge in [-0.3, -0.25) is 4.79 Å². The summed E-state index contributed by atoms with van der Waals surface area (Å²) in [6, 6.07) is 15.2. The summed E-state index contributed by atoms with van der Waals surface area (Å²) in [5, 5.41) is 1.58. The number of ether oxygens (including phenoxy) is 1. The number of para-hydroxylation sites is 1. The number of carbonyl (C=O) groups excluding carboxylic acids is 1. The van der Waals surface area contributed by atoms with Gasteiger partial charge >= 0.3 is 0 Å². The molecule has 1 amide bonds. The third kappa shape index (κ3) is 2.53. The maximum Gasteiger partial charge on any atom is 0.254 e. The zero-order chi connectivity index (χ0) is 16.7. The summed E-state index contributed by atoms with van der Waals surface area (Å²) in [5.74, 6) is 0.715. The lowest BCUT2D eigenvalue weighted by Crippen LogP contribution is -2.56. The Morgan fingerprint density at radius 2 is 1.92 bits per heavy atom. The highest BCUT2D eigenvalue weighted by atomic mass is 35.5. The molecule has 24 heavy (non-hydrogen) atoms. The van der Waals surface area contributed by atoms with Crippen molar-refractivity contribution in [3.63, 3.8) is 0 Å². The van der Waals surface area contributed by atoms with Crippen molar-refractivity contribution in [2.45, 2.75) is 6.10 Å². The average Bonchev–Trinajstić information content (AvgIpc) is 2.93. The first kappa shape index (κ1) is 15.1. The average molecular weight is 341 g/mol. The van der Waals surface area contributed by atoms with Crippen molar-refractivity contribution in [3.05, 3.63) is 65.3 Å². The SMILES string of the molecule is Cn1ccc2c(C(=O)N3CC(Oc4ccccc4Cl)C3)cccc21. The van der Waals surface area contributed by atoms with Crippen LogP contribution in [0.5, 0.6) is 5.75 Å². The van der Waals surface area contributed by atoms with Gasteiger partial charge in [-0.15, -0.1) is 0 Å². The molecule has 0 N–H and O–H groups in total. The number of hydrogen-bond acceptors (Lipinski definition) is 2. The Bertz CT molecular complexity index is 913. The van der Waals surface area contributed by atoms with Gasteiger partial charge in [-0.2, -0.15) is 0 Å². The predicted octanol–water partition coefficient (Wildman–Crippen LogP) is 3.74. The summed E-state index contributed by atoms with van der Waals surface area (Å²) in [5.41, 5.74) is 1.80. The maximum atomic E-state index is 12.8. The number of likely N-dealkylation sites (tertiary alicyclic amines) is 1. The molecule has 5 heteroatoms. The molecule has 1 saturated heterocycles. The molecule has 4 nitrogen and oxygen atoms in total. The number of carbonyl (C=O) groups is 1. The van der Waals surface area contributed by atoms with Crippen LogP contribution in [-0.4, -0.2) is 34.6 Å². The molecule has 0 bridgehead atoms. The highest BCUT2D eigenvalue weighted by Gasteiger charge is 2.33. The summed E-state index contributed by atoms with van der Waals surface area (Å²) >= 11 is 6.10. The first-order valence-corrected chi connectivity index (χ1v) is 8.26. The molecule has 2 heterocycles. The fraction of sp³-hybridized carbons (Fsp3) is 0.211. The molecule has 1 aromatic heterocycles. The number of amides is 1. The Kier molecular flexibility index (Phi) is 3.69. The molecule has 0 atom stereocenters. The fourth-order valence-corrected chi connectivity index (χ4v) is 3.24. The number of hydrogen-bond donors (Lipinski definition) is 0. The first-order chi connectivity index (χ1) is 11.6. The topological polar surface area (TPSA) is 34.5 Å². The summed E-state index contributed by atoms with van der Waals surface area (Å²) in [7, 11) is 1.98. The van der Waals surface area contributed by atoms with Crippen LogP contribution in [0.15, 0.2) is 54.7 Å². The van der Waals surface area contributed by atoms with E-state index in [4.69, 9.17) is 16.3 Å². The van der Waals surface area contributed by atoms with Crippen molar-refractivity contribution in [2.24, 2.45) is 7.05 Å². The van der Waals surface area contributed by atoms with Crippen LogP contribution in [-0.2, 0) is 7.05 Å². The number of benzene rings is 2. The fourth-order valence-electron chi connectivity index (χ4n) is 3.06. The quantitative estimate of drug-likeness (QED) is 0.728. The molecular formula is C19H17ClN2O2. The number of rotatable bonds is 3. The standard InChI is InChI=1S/C19H17ClN2O2/c1-21-10-9-14-15(5-4-7-17(14)21)19(23)22-11-13(12-22)24-18-8-3-2-6-16(18)20/h2-10,13H,11-12H2,1H3. The van der Waals surface area contributed by atoms with Crippen molar-refractivity contribution >= 4 is 28.4 Å². The van der Waals surface area contributed by atoms with Crippen LogP contribution in [0.2, 0.25) is 5.02 Å². The van der Waals surface area contributed by atoms with Crippen LogP contribution in [0, 0.1) is 0 Å². The third-order valence-corrected chi connectivity index (χ3v) is 4.74. The number of halogens is 1. The number of nitrogens with zero attached hydrogens (tertiary/aromatic N) is 2. The second-order valence-electron chi connectivity index (χ2n) is 6.05. The lowest BCUT2D eigenvalue weighted by atomic mass is 10.1. The van der Waals surface area contributed by atoms with E-state index in [1.807, 2.05) is 65.2 Å². The minimum absolute atomic E-state index is 0.0103. The monoisotopic (exact) mass is 340 g/mol. The molecule has 0 aliphatic carbocycles. The van der Waals surface area contributed by atoms with Crippen molar-refractivity contribution in [1.82, 2.24) is 9.47 Å². The summed E-state index contributed by atoms with van der Waals surface area (Å²) in [6.07, 6.45) is 1.96. The van der Waals surface area contributed by atoms with Gasteiger partial charge < -0.3 is 14.2 Å². The normalized spacial score (nSPS) is 14.7. The zero-order valence-corrected chi connectivity index (χ0v) is 14.0. The van der Waals surface area contributed by atoms with Crippen LogP contribution in [0.4, 0.5) is 0 Å². The van der Waals surface area contributed by atoms with Gasteiger partial charge in [-0.25, -0.2) is 0 Å². The Hall–Kier alpha value is -2.46. The minimum atomic E-state index is -0.0103. The van der Waals surface area contributed by atoms with Gasteiger partial charge in [0.2, 0.25) is 0 Å². The van der Waals surface area contributed by atoms with E-state index in [0.29, 0.717) is 23.9 Å². The Morgan fingerprint density at radius 3 is 2.71 bits per heavy atom. The Labute approximate surface area is 145 Å². The lowest BCUT2D eigenvalue weighted by Gasteiger charge is -2.39. The third-order valence-electron chi connectivity index (χ3n) is 4.42. The molecule has 1 fully saturated rings. The van der Waals surface area contributed by atoms with E-state index in [2.05, 4.69) is 0 Å². The highest BCUT2D eigenvalue weighted by molar-refractivity contribution is 6.32. The first-order valence-electron chi connectivity index (χ1n) is 7.88. The van der Waals surface area contributed by atoms with Crippen molar-refractivity contribution < 1.29 is 9.53 Å². The molecule has 0 radical (unpaired) electrons. The molecule has 122 valence electrons. The molecule has 2 aromatic carbocycles. The van der Waals surface area contributed by atoms with Crippen molar-refractivity contribution in [1.29, 1.82) is 0 Å². The minimum Gasteiger partial charge on any atom is -0.485 e. The van der Waals surface area contributed by atoms with Gasteiger partial charge in [0.25, 0.3) is 5.91 Å². The van der Waals surface area contributed by atoms with Gasteiger partial charge in [0.1, 0.15) is 11.9 Å².